The third kappa shape index (κ3) is 3.39. The maximum absolute atomic E-state index is 12.6. The summed E-state index contributed by atoms with van der Waals surface area (Å²) in [6.45, 7) is 3.23. The van der Waals surface area contributed by atoms with E-state index < -0.39 is 0 Å². The van der Waals surface area contributed by atoms with E-state index in [9.17, 15) is 4.79 Å². The largest absolute Gasteiger partial charge is 0.367 e. The molecular formula is C17H24ClN3O. The van der Waals surface area contributed by atoms with Gasteiger partial charge in [0.1, 0.15) is 0 Å². The monoisotopic (exact) mass is 321 g/mol. The molecule has 1 heterocycles. The molecule has 1 aromatic carbocycles. The molecule has 2 atom stereocenters. The molecular weight excluding hydrogens is 298 g/mol. The van der Waals surface area contributed by atoms with Crippen molar-refractivity contribution in [3.05, 3.63) is 29.3 Å². The Morgan fingerprint density at radius 3 is 2.55 bits per heavy atom. The van der Waals surface area contributed by atoms with E-state index in [1.165, 1.54) is 0 Å². The zero-order valence-electron chi connectivity index (χ0n) is 12.9. The highest BCUT2D eigenvalue weighted by molar-refractivity contribution is 6.33. The summed E-state index contributed by atoms with van der Waals surface area (Å²) in [5.41, 5.74) is 7.08. The first kappa shape index (κ1) is 15.6. The minimum absolute atomic E-state index is 0.135. The molecule has 1 saturated carbocycles. The van der Waals surface area contributed by atoms with Crippen molar-refractivity contribution in [2.75, 3.05) is 31.1 Å². The molecule has 2 fully saturated rings. The number of nitrogens with zero attached hydrogens (tertiary/aromatic N) is 2. The van der Waals surface area contributed by atoms with Crippen molar-refractivity contribution in [3.8, 4) is 0 Å². The predicted molar refractivity (Wildman–Crippen MR) is 90.2 cm³/mol. The molecule has 0 radical (unpaired) electrons. The zero-order chi connectivity index (χ0) is 15.5. The van der Waals surface area contributed by atoms with Crippen LogP contribution in [0.1, 0.15) is 25.7 Å². The summed E-state index contributed by atoms with van der Waals surface area (Å²) in [6.07, 6.45) is 3.99. The molecule has 120 valence electrons. The number of nitrogens with two attached hydrogens (primary N) is 1. The van der Waals surface area contributed by atoms with E-state index >= 15 is 0 Å². The molecule has 1 aliphatic carbocycles. The van der Waals surface area contributed by atoms with E-state index in [1.54, 1.807) is 0 Å². The van der Waals surface area contributed by atoms with Gasteiger partial charge >= 0.3 is 0 Å². The minimum atomic E-state index is 0.135. The van der Waals surface area contributed by atoms with Gasteiger partial charge in [0.25, 0.3) is 0 Å². The molecule has 0 aromatic heterocycles. The van der Waals surface area contributed by atoms with Crippen molar-refractivity contribution < 1.29 is 4.79 Å². The second-order valence-corrected chi connectivity index (χ2v) is 6.79. The Morgan fingerprint density at radius 2 is 1.86 bits per heavy atom. The number of anilines is 1. The molecule has 3 rings (SSSR count). The molecule has 0 spiro atoms. The van der Waals surface area contributed by atoms with Crippen LogP contribution in [0.15, 0.2) is 24.3 Å². The molecule has 2 N–H and O–H groups in total. The molecule has 0 bridgehead atoms. The number of carbonyl (C=O) groups is 1. The van der Waals surface area contributed by atoms with Crippen LogP contribution >= 0.6 is 11.6 Å². The maximum Gasteiger partial charge on any atom is 0.225 e. The first-order chi connectivity index (χ1) is 10.6. The summed E-state index contributed by atoms with van der Waals surface area (Å²) in [5, 5.41) is 0.778. The normalized spacial score (nSPS) is 26.1. The number of hydrogen-bond donors (Lipinski definition) is 1. The van der Waals surface area contributed by atoms with Crippen molar-refractivity contribution in [3.63, 3.8) is 0 Å². The maximum atomic E-state index is 12.6. The second kappa shape index (κ2) is 6.88. The zero-order valence-corrected chi connectivity index (χ0v) is 13.6. The van der Waals surface area contributed by atoms with Crippen LogP contribution in [-0.2, 0) is 4.79 Å². The SMILES string of the molecule is NC1CCCC(C(=O)N2CCN(c3ccccc3Cl)CC2)C1. The number of hydrogen-bond acceptors (Lipinski definition) is 3. The smallest absolute Gasteiger partial charge is 0.225 e. The summed E-state index contributed by atoms with van der Waals surface area (Å²) in [4.78, 5) is 16.9. The van der Waals surface area contributed by atoms with Crippen LogP contribution in [-0.4, -0.2) is 43.0 Å². The Kier molecular flexibility index (Phi) is 4.89. The Hall–Kier alpha value is -1.26. The highest BCUT2D eigenvalue weighted by Gasteiger charge is 2.30. The Labute approximate surface area is 137 Å². The molecule has 22 heavy (non-hydrogen) atoms. The molecule has 2 aliphatic rings. The van der Waals surface area contributed by atoms with Crippen molar-refractivity contribution >= 4 is 23.2 Å². The van der Waals surface area contributed by atoms with E-state index in [4.69, 9.17) is 17.3 Å². The summed E-state index contributed by atoms with van der Waals surface area (Å²) in [6, 6.07) is 8.10. The number of piperazine rings is 1. The number of para-hydroxylation sites is 1. The van der Waals surface area contributed by atoms with Crippen LogP contribution < -0.4 is 10.6 Å². The van der Waals surface area contributed by atoms with Gasteiger partial charge < -0.3 is 15.5 Å². The van der Waals surface area contributed by atoms with E-state index in [0.29, 0.717) is 5.91 Å². The Morgan fingerprint density at radius 1 is 1.14 bits per heavy atom. The van der Waals surface area contributed by atoms with Gasteiger partial charge in [0.05, 0.1) is 10.7 Å². The topological polar surface area (TPSA) is 49.6 Å². The van der Waals surface area contributed by atoms with Gasteiger partial charge in [0.2, 0.25) is 5.91 Å². The van der Waals surface area contributed by atoms with Crippen molar-refractivity contribution in [2.45, 2.75) is 31.7 Å². The highest BCUT2D eigenvalue weighted by atomic mass is 35.5. The number of benzene rings is 1. The Balaban J connectivity index is 1.57. The van der Waals surface area contributed by atoms with Crippen LogP contribution in [0.3, 0.4) is 0 Å². The van der Waals surface area contributed by atoms with Crippen LogP contribution in [0.25, 0.3) is 0 Å². The third-order valence-corrected chi connectivity index (χ3v) is 5.17. The van der Waals surface area contributed by atoms with Crippen molar-refractivity contribution in [2.24, 2.45) is 11.7 Å². The fraction of sp³-hybridized carbons (Fsp3) is 0.588. The first-order valence-corrected chi connectivity index (χ1v) is 8.57. The highest BCUT2D eigenvalue weighted by Crippen LogP contribution is 2.28. The lowest BCUT2D eigenvalue weighted by molar-refractivity contribution is -0.137. The third-order valence-electron chi connectivity index (χ3n) is 4.85. The lowest BCUT2D eigenvalue weighted by atomic mass is 9.85. The first-order valence-electron chi connectivity index (χ1n) is 8.19. The number of halogens is 1. The molecule has 2 unspecified atom stereocenters. The lowest BCUT2D eigenvalue weighted by Gasteiger charge is -2.39. The molecule has 1 aliphatic heterocycles. The summed E-state index contributed by atoms with van der Waals surface area (Å²) < 4.78 is 0. The lowest BCUT2D eigenvalue weighted by Crippen LogP contribution is -2.51. The van der Waals surface area contributed by atoms with Crippen LogP contribution in [0, 0.1) is 5.92 Å². The van der Waals surface area contributed by atoms with Gasteiger partial charge in [-0.1, -0.05) is 30.2 Å². The van der Waals surface area contributed by atoms with Gasteiger partial charge in [-0.2, -0.15) is 0 Å². The molecule has 5 heteroatoms. The fourth-order valence-electron chi connectivity index (χ4n) is 3.59. The van der Waals surface area contributed by atoms with Crippen molar-refractivity contribution in [1.29, 1.82) is 0 Å². The van der Waals surface area contributed by atoms with E-state index in [2.05, 4.69) is 4.90 Å². The average molecular weight is 322 g/mol. The second-order valence-electron chi connectivity index (χ2n) is 6.39. The van der Waals surface area contributed by atoms with Gasteiger partial charge in [-0.3, -0.25) is 4.79 Å². The van der Waals surface area contributed by atoms with Crippen LogP contribution in [0.5, 0.6) is 0 Å². The van der Waals surface area contributed by atoms with Gasteiger partial charge in [0.15, 0.2) is 0 Å². The summed E-state index contributed by atoms with van der Waals surface area (Å²) in [7, 11) is 0. The standard InChI is InChI=1S/C17H24ClN3O/c18-15-6-1-2-7-16(15)20-8-10-21(11-9-20)17(22)13-4-3-5-14(19)12-13/h1-2,6-7,13-14H,3-5,8-12,19H2. The molecule has 1 saturated heterocycles. The quantitative estimate of drug-likeness (QED) is 0.910. The Bertz CT molecular complexity index is 528. The van der Waals surface area contributed by atoms with E-state index in [1.807, 2.05) is 29.2 Å². The number of amides is 1. The van der Waals surface area contributed by atoms with Crippen LogP contribution in [0.4, 0.5) is 5.69 Å². The summed E-state index contributed by atoms with van der Waals surface area (Å²) >= 11 is 6.26. The van der Waals surface area contributed by atoms with Gasteiger partial charge in [-0.25, -0.2) is 0 Å². The minimum Gasteiger partial charge on any atom is -0.367 e. The summed E-state index contributed by atoms with van der Waals surface area (Å²) in [5.74, 6) is 0.435. The molecule has 1 amide bonds. The molecule has 1 aromatic rings. The fourth-order valence-corrected chi connectivity index (χ4v) is 3.84. The van der Waals surface area contributed by atoms with Gasteiger partial charge in [0, 0.05) is 38.1 Å². The number of carbonyl (C=O) groups excluding carboxylic acids is 1. The van der Waals surface area contributed by atoms with E-state index in [0.717, 1.165) is 62.6 Å². The van der Waals surface area contributed by atoms with Gasteiger partial charge in [-0.05, 0) is 31.4 Å². The van der Waals surface area contributed by atoms with Gasteiger partial charge in [-0.15, -0.1) is 0 Å². The number of rotatable bonds is 2. The van der Waals surface area contributed by atoms with Crippen LogP contribution in [0.2, 0.25) is 5.02 Å². The van der Waals surface area contributed by atoms with Crippen molar-refractivity contribution in [1.82, 2.24) is 4.90 Å². The molecule has 4 nitrogen and oxygen atoms in total. The predicted octanol–water partition coefficient (Wildman–Crippen LogP) is 2.51. The van der Waals surface area contributed by atoms with E-state index in [-0.39, 0.29) is 12.0 Å². The average Bonchev–Trinajstić information content (AvgIpc) is 2.55.